The Morgan fingerprint density at radius 1 is 0.976 bits per heavy atom. The van der Waals surface area contributed by atoms with Gasteiger partial charge in [-0.25, -0.2) is 0 Å². The molecule has 1 aliphatic carbocycles. The average Bonchev–Trinajstić information content (AvgIpc) is 3.81. The van der Waals surface area contributed by atoms with Gasteiger partial charge in [0.2, 0.25) is 11.8 Å². The van der Waals surface area contributed by atoms with Gasteiger partial charge in [0, 0.05) is 48.2 Å². The van der Waals surface area contributed by atoms with Crippen molar-refractivity contribution in [1.82, 2.24) is 25.2 Å². The Morgan fingerprint density at radius 2 is 1.76 bits per heavy atom. The number of fused-ring (bicyclic) bond motifs is 3. The molecule has 3 amide bonds. The van der Waals surface area contributed by atoms with Crippen LogP contribution in [-0.2, 0) is 21.5 Å². The lowest BCUT2D eigenvalue weighted by Gasteiger charge is -2.39. The van der Waals surface area contributed by atoms with E-state index < -0.39 is 16.9 Å². The summed E-state index contributed by atoms with van der Waals surface area (Å²) in [6, 6.07) is 13.3. The van der Waals surface area contributed by atoms with Crippen molar-refractivity contribution >= 4 is 34.2 Å². The molecule has 0 atom stereocenters. The number of pyridine rings is 3. The molecule has 212 valence electrons. The normalized spacial score (nSPS) is 18.4. The number of nitrogens with zero attached hydrogens (tertiary/aromatic N) is 5. The van der Waals surface area contributed by atoms with Crippen LogP contribution in [0.4, 0.5) is 5.69 Å². The van der Waals surface area contributed by atoms with Crippen molar-refractivity contribution in [3.8, 4) is 11.1 Å². The zero-order valence-corrected chi connectivity index (χ0v) is 23.3. The number of benzene rings is 1. The maximum Gasteiger partial charge on any atom is 0.267 e. The summed E-state index contributed by atoms with van der Waals surface area (Å²) in [6.45, 7) is 1.30. The van der Waals surface area contributed by atoms with Crippen molar-refractivity contribution in [3.05, 3.63) is 84.2 Å². The summed E-state index contributed by atoms with van der Waals surface area (Å²) in [5, 5.41) is 5.12. The molecule has 3 N–H and O–H groups in total. The topological polar surface area (TPSA) is 134 Å². The van der Waals surface area contributed by atoms with Crippen molar-refractivity contribution in [3.63, 3.8) is 0 Å². The average molecular weight is 562 g/mol. The maximum atomic E-state index is 14.4. The smallest absolute Gasteiger partial charge is 0.267 e. The molecule has 1 saturated carbocycles. The van der Waals surface area contributed by atoms with Crippen molar-refractivity contribution in [1.29, 1.82) is 0 Å². The van der Waals surface area contributed by atoms with Gasteiger partial charge < -0.3 is 20.9 Å². The van der Waals surface area contributed by atoms with Crippen LogP contribution in [-0.4, -0.2) is 63.2 Å². The second-order valence-electron chi connectivity index (χ2n) is 11.5. The summed E-state index contributed by atoms with van der Waals surface area (Å²) in [7, 11) is 1.84. The van der Waals surface area contributed by atoms with Crippen LogP contribution in [0.15, 0.2) is 67.3 Å². The summed E-state index contributed by atoms with van der Waals surface area (Å²) < 4.78 is 0. The van der Waals surface area contributed by atoms with E-state index in [-0.39, 0.29) is 24.1 Å². The van der Waals surface area contributed by atoms with E-state index in [1.165, 1.54) is 0 Å². The van der Waals surface area contributed by atoms with Gasteiger partial charge in [0.05, 0.1) is 35.1 Å². The van der Waals surface area contributed by atoms with E-state index in [4.69, 9.17) is 10.7 Å². The number of hydrogen-bond acceptors (Lipinski definition) is 7. The molecule has 1 aromatic carbocycles. The second-order valence-corrected chi connectivity index (χ2v) is 11.5. The first-order chi connectivity index (χ1) is 20.4. The van der Waals surface area contributed by atoms with Gasteiger partial charge in [0.25, 0.3) is 5.91 Å². The molecule has 0 bridgehead atoms. The van der Waals surface area contributed by atoms with Gasteiger partial charge >= 0.3 is 0 Å². The molecule has 1 spiro atoms. The first-order valence-corrected chi connectivity index (χ1v) is 14.2. The number of amides is 3. The largest absolute Gasteiger partial charge is 0.364 e. The molecule has 1 saturated heterocycles. The van der Waals surface area contributed by atoms with Gasteiger partial charge in [0.1, 0.15) is 5.69 Å². The highest BCUT2D eigenvalue weighted by Crippen LogP contribution is 2.49. The number of likely N-dealkylation sites (tertiary alicyclic amines) is 1. The minimum atomic E-state index is -0.715. The highest BCUT2D eigenvalue weighted by Gasteiger charge is 2.55. The minimum absolute atomic E-state index is 0.00969. The van der Waals surface area contributed by atoms with Gasteiger partial charge in [-0.2, -0.15) is 0 Å². The Hall–Kier alpha value is -4.70. The number of nitrogens with one attached hydrogen (secondary N) is 1. The Labute approximate surface area is 243 Å². The quantitative estimate of drug-likeness (QED) is 0.370. The number of likely N-dealkylation sites (N-methyl/N-ethyl adjacent to an activating group) is 1. The van der Waals surface area contributed by atoms with E-state index in [9.17, 15) is 14.4 Å². The Kier molecular flexibility index (Phi) is 6.05. The number of piperidine rings is 1. The van der Waals surface area contributed by atoms with Crippen molar-refractivity contribution in [2.45, 2.75) is 43.2 Å². The molecule has 10 nitrogen and oxygen atoms in total. The van der Waals surface area contributed by atoms with Crippen molar-refractivity contribution < 1.29 is 14.4 Å². The third-order valence-corrected chi connectivity index (χ3v) is 9.29. The van der Waals surface area contributed by atoms with Crippen LogP contribution in [0.5, 0.6) is 0 Å². The lowest BCUT2D eigenvalue weighted by molar-refractivity contribution is -0.138. The predicted octanol–water partition coefficient (Wildman–Crippen LogP) is 2.95. The molecule has 2 aliphatic heterocycles. The van der Waals surface area contributed by atoms with E-state index >= 15 is 0 Å². The first-order valence-electron chi connectivity index (χ1n) is 14.2. The number of aromatic nitrogens is 3. The Morgan fingerprint density at radius 3 is 2.45 bits per heavy atom. The molecule has 5 heterocycles. The molecule has 42 heavy (non-hydrogen) atoms. The monoisotopic (exact) mass is 561 g/mol. The summed E-state index contributed by atoms with van der Waals surface area (Å²) in [5.74, 6) is -0.450. The third-order valence-electron chi connectivity index (χ3n) is 9.29. The Balaban J connectivity index is 1.25. The van der Waals surface area contributed by atoms with Crippen LogP contribution in [0.2, 0.25) is 0 Å². The molecule has 3 aliphatic rings. The van der Waals surface area contributed by atoms with Crippen LogP contribution < -0.4 is 16.0 Å². The minimum Gasteiger partial charge on any atom is -0.364 e. The number of nitrogens with two attached hydrogens (primary N) is 1. The van der Waals surface area contributed by atoms with Crippen LogP contribution >= 0.6 is 0 Å². The molecule has 2 fully saturated rings. The highest BCUT2D eigenvalue weighted by molar-refractivity contribution is 6.08. The van der Waals surface area contributed by atoms with Crippen molar-refractivity contribution in [2.24, 2.45) is 5.73 Å². The van der Waals surface area contributed by atoms with E-state index in [0.29, 0.717) is 31.6 Å². The van der Waals surface area contributed by atoms with E-state index in [1.807, 2.05) is 54.5 Å². The van der Waals surface area contributed by atoms with E-state index in [2.05, 4.69) is 15.3 Å². The van der Waals surface area contributed by atoms with Crippen LogP contribution in [0, 0.1) is 0 Å². The first kappa shape index (κ1) is 26.2. The highest BCUT2D eigenvalue weighted by atomic mass is 16.2. The van der Waals surface area contributed by atoms with Gasteiger partial charge in [-0.05, 0) is 55.8 Å². The van der Waals surface area contributed by atoms with Crippen LogP contribution in [0.25, 0.3) is 21.9 Å². The SMILES string of the molecule is CNC1(C(=O)N2CCC3(CC2)C(=O)N(Cc2ncc4ccccc4c2-c2ccc(C(N)=O)nc2)c2cnccc23)CC1. The van der Waals surface area contributed by atoms with E-state index in [0.717, 1.165) is 46.0 Å². The maximum absolute atomic E-state index is 14.4. The molecular formula is C32H31N7O3. The van der Waals surface area contributed by atoms with Gasteiger partial charge in [-0.1, -0.05) is 30.3 Å². The summed E-state index contributed by atoms with van der Waals surface area (Å²) in [4.78, 5) is 56.5. The fourth-order valence-electron chi connectivity index (χ4n) is 6.70. The standard InChI is InChI=1S/C32H31N7O3/c1-34-32(9-10-32)30(42)38-14-11-31(12-15-38)23-8-13-35-18-26(23)39(29(31)41)19-25-27(21-6-7-24(28(33)40)36-17-21)22-5-3-2-4-20(22)16-37-25/h2-8,13,16-18,34H,9-12,14-15,19H2,1H3,(H2,33,40). The molecule has 3 aromatic heterocycles. The second kappa shape index (κ2) is 9.70. The molecule has 4 aromatic rings. The lowest BCUT2D eigenvalue weighted by Crippen LogP contribution is -2.54. The zero-order chi connectivity index (χ0) is 29.1. The molecule has 0 radical (unpaired) electrons. The summed E-state index contributed by atoms with van der Waals surface area (Å²) in [6.07, 6.45) is 9.76. The van der Waals surface area contributed by atoms with Crippen LogP contribution in [0.3, 0.4) is 0 Å². The van der Waals surface area contributed by atoms with Gasteiger partial charge in [0.15, 0.2) is 0 Å². The number of hydrogen-bond donors (Lipinski definition) is 2. The van der Waals surface area contributed by atoms with Crippen molar-refractivity contribution in [2.75, 3.05) is 25.0 Å². The number of rotatable bonds is 6. The molecule has 0 unspecified atom stereocenters. The lowest BCUT2D eigenvalue weighted by atomic mass is 9.74. The number of anilines is 1. The predicted molar refractivity (Wildman–Crippen MR) is 157 cm³/mol. The Bertz CT molecular complexity index is 1740. The molecule has 10 heteroatoms. The number of carbonyl (C=O) groups is 3. The fraction of sp³-hybridized carbons (Fsp3) is 0.312. The molecular weight excluding hydrogens is 530 g/mol. The third kappa shape index (κ3) is 3.97. The van der Waals surface area contributed by atoms with Gasteiger partial charge in [-0.15, -0.1) is 0 Å². The summed E-state index contributed by atoms with van der Waals surface area (Å²) >= 11 is 0. The fourth-order valence-corrected chi connectivity index (χ4v) is 6.70. The number of carbonyl (C=O) groups excluding carboxylic acids is 3. The van der Waals surface area contributed by atoms with Crippen LogP contribution in [0.1, 0.15) is 47.4 Å². The zero-order valence-electron chi connectivity index (χ0n) is 23.3. The van der Waals surface area contributed by atoms with Gasteiger partial charge in [-0.3, -0.25) is 29.3 Å². The summed E-state index contributed by atoms with van der Waals surface area (Å²) in [5.41, 5.74) is 8.52. The number of primary amides is 1. The molecule has 7 rings (SSSR count). The van der Waals surface area contributed by atoms with E-state index in [1.54, 1.807) is 29.6 Å².